The molecule has 3 unspecified atom stereocenters. The molecule has 0 aromatic heterocycles. The van der Waals surface area contributed by atoms with Gasteiger partial charge in [0.25, 0.3) is 0 Å². The lowest BCUT2D eigenvalue weighted by atomic mass is 9.81. The number of hydrogen-bond donors (Lipinski definition) is 1. The Morgan fingerprint density at radius 1 is 1.33 bits per heavy atom. The maximum Gasteiger partial charge on any atom is 0.00701 e. The van der Waals surface area contributed by atoms with E-state index in [0.29, 0.717) is 11.3 Å². The Hall–Kier alpha value is 0.310. The molecule has 0 aliphatic carbocycles. The molecule has 1 aliphatic rings. The predicted octanol–water partition coefficient (Wildman–Crippen LogP) is 3.31. The molecule has 90 valence electrons. The fourth-order valence-corrected chi connectivity index (χ4v) is 3.19. The maximum absolute atomic E-state index is 4.51. The molecular weight excluding hydrogens is 202 g/mol. The van der Waals surface area contributed by atoms with Crippen LogP contribution >= 0.6 is 12.6 Å². The first-order valence-electron chi connectivity index (χ1n) is 6.19. The molecule has 0 amide bonds. The van der Waals surface area contributed by atoms with Crippen molar-refractivity contribution in [2.24, 2.45) is 17.3 Å². The van der Waals surface area contributed by atoms with E-state index in [9.17, 15) is 0 Å². The van der Waals surface area contributed by atoms with Crippen LogP contribution in [0.2, 0.25) is 0 Å². The molecule has 3 atom stereocenters. The molecule has 0 saturated carbocycles. The Bertz CT molecular complexity index is 197. The Kier molecular flexibility index (Phi) is 4.54. The highest BCUT2D eigenvalue weighted by Gasteiger charge is 2.31. The lowest BCUT2D eigenvalue weighted by Crippen LogP contribution is -2.38. The van der Waals surface area contributed by atoms with Gasteiger partial charge in [0.05, 0.1) is 0 Å². The predicted molar refractivity (Wildman–Crippen MR) is 71.6 cm³/mol. The molecule has 1 aliphatic heterocycles. The summed E-state index contributed by atoms with van der Waals surface area (Å²) in [5.74, 6) is 2.58. The van der Waals surface area contributed by atoms with E-state index in [4.69, 9.17) is 0 Å². The molecule has 0 spiro atoms. The Labute approximate surface area is 101 Å². The van der Waals surface area contributed by atoms with Gasteiger partial charge in [-0.15, -0.1) is 0 Å². The van der Waals surface area contributed by atoms with Crippen LogP contribution in [0.5, 0.6) is 0 Å². The van der Waals surface area contributed by atoms with Crippen LogP contribution in [0.15, 0.2) is 0 Å². The number of rotatable bonds is 3. The summed E-state index contributed by atoms with van der Waals surface area (Å²) in [5.41, 5.74) is 0.382. The highest BCUT2D eigenvalue weighted by molar-refractivity contribution is 7.80. The number of thiol groups is 1. The summed E-state index contributed by atoms with van der Waals surface area (Å²) in [5, 5.41) is 0. The molecule has 0 bridgehead atoms. The number of likely N-dealkylation sites (tertiary alicyclic amines) is 1. The van der Waals surface area contributed by atoms with E-state index in [2.05, 4.69) is 52.1 Å². The van der Waals surface area contributed by atoms with Gasteiger partial charge in [-0.2, -0.15) is 12.6 Å². The third-order valence-corrected chi connectivity index (χ3v) is 4.25. The third-order valence-electron chi connectivity index (χ3n) is 3.81. The van der Waals surface area contributed by atoms with Crippen molar-refractivity contribution in [3.8, 4) is 0 Å². The van der Waals surface area contributed by atoms with E-state index in [1.54, 1.807) is 0 Å². The second-order valence-electron chi connectivity index (χ2n) is 6.39. The normalized spacial score (nSPS) is 30.8. The van der Waals surface area contributed by atoms with Crippen molar-refractivity contribution in [3.05, 3.63) is 0 Å². The molecule has 0 N–H and O–H groups in total. The molecule has 15 heavy (non-hydrogen) atoms. The summed E-state index contributed by atoms with van der Waals surface area (Å²) in [4.78, 5) is 2.65. The molecular formula is C13H27NS. The van der Waals surface area contributed by atoms with Crippen molar-refractivity contribution in [2.75, 3.05) is 18.8 Å². The molecule has 1 rings (SSSR count). The van der Waals surface area contributed by atoms with Crippen molar-refractivity contribution in [2.45, 2.75) is 47.1 Å². The van der Waals surface area contributed by atoms with Gasteiger partial charge in [0.2, 0.25) is 0 Å². The van der Waals surface area contributed by atoms with Crippen LogP contribution in [-0.2, 0) is 0 Å². The van der Waals surface area contributed by atoms with Gasteiger partial charge in [-0.25, -0.2) is 0 Å². The largest absolute Gasteiger partial charge is 0.300 e. The van der Waals surface area contributed by atoms with Gasteiger partial charge < -0.3 is 4.90 Å². The fourth-order valence-electron chi connectivity index (χ4n) is 2.53. The summed E-state index contributed by atoms with van der Waals surface area (Å²) >= 11 is 4.51. The van der Waals surface area contributed by atoms with Crippen LogP contribution in [0.1, 0.15) is 41.0 Å². The van der Waals surface area contributed by atoms with Crippen molar-refractivity contribution in [1.29, 1.82) is 0 Å². The van der Waals surface area contributed by atoms with Crippen molar-refractivity contribution >= 4 is 12.6 Å². The average molecular weight is 229 g/mol. The minimum absolute atomic E-state index is 0.382. The number of nitrogens with zero attached hydrogens (tertiary/aromatic N) is 1. The number of hydrogen-bond acceptors (Lipinski definition) is 2. The van der Waals surface area contributed by atoms with E-state index in [1.807, 2.05) is 0 Å². The fraction of sp³-hybridized carbons (Fsp3) is 1.00. The van der Waals surface area contributed by atoms with E-state index < -0.39 is 0 Å². The highest BCUT2D eigenvalue weighted by atomic mass is 32.1. The minimum atomic E-state index is 0.382. The molecule has 0 aromatic rings. The third kappa shape index (κ3) is 3.67. The highest BCUT2D eigenvalue weighted by Crippen LogP contribution is 2.31. The molecule has 1 heterocycles. The molecule has 0 aromatic carbocycles. The van der Waals surface area contributed by atoms with Crippen LogP contribution in [0, 0.1) is 17.3 Å². The van der Waals surface area contributed by atoms with Gasteiger partial charge in [0.15, 0.2) is 0 Å². The molecule has 1 nitrogen and oxygen atoms in total. The maximum atomic E-state index is 4.51. The van der Waals surface area contributed by atoms with Gasteiger partial charge in [0, 0.05) is 19.1 Å². The van der Waals surface area contributed by atoms with Crippen LogP contribution in [0.4, 0.5) is 0 Å². The first kappa shape index (κ1) is 13.4. The summed E-state index contributed by atoms with van der Waals surface area (Å²) in [6.45, 7) is 14.2. The zero-order valence-electron chi connectivity index (χ0n) is 11.0. The monoisotopic (exact) mass is 229 g/mol. The first-order valence-corrected chi connectivity index (χ1v) is 6.82. The van der Waals surface area contributed by atoms with Crippen LogP contribution in [-0.4, -0.2) is 29.8 Å². The zero-order chi connectivity index (χ0) is 11.6. The van der Waals surface area contributed by atoms with Gasteiger partial charge in [0.1, 0.15) is 0 Å². The summed E-state index contributed by atoms with van der Waals surface area (Å²) in [6.07, 6.45) is 1.36. The van der Waals surface area contributed by atoms with Crippen molar-refractivity contribution in [3.63, 3.8) is 0 Å². The lowest BCUT2D eigenvalue weighted by Gasteiger charge is -2.34. The molecule has 1 saturated heterocycles. The lowest BCUT2D eigenvalue weighted by molar-refractivity contribution is 0.159. The van der Waals surface area contributed by atoms with Crippen molar-refractivity contribution < 1.29 is 0 Å². The molecule has 0 radical (unpaired) electrons. The topological polar surface area (TPSA) is 3.24 Å². The van der Waals surface area contributed by atoms with Crippen molar-refractivity contribution in [1.82, 2.24) is 4.90 Å². The standard InChI is InChI=1S/C13H27NS/c1-10-6-11(2)14(7-10)8-12(9-15)13(3,4)5/h10-12,15H,6-9H2,1-5H3. The van der Waals surface area contributed by atoms with Crippen LogP contribution in [0.25, 0.3) is 0 Å². The van der Waals surface area contributed by atoms with Gasteiger partial charge in [-0.05, 0) is 36.3 Å². The smallest absolute Gasteiger partial charge is 0.00701 e. The first-order chi connectivity index (χ1) is 6.84. The summed E-state index contributed by atoms with van der Waals surface area (Å²) in [7, 11) is 0. The Balaban J connectivity index is 2.52. The van der Waals surface area contributed by atoms with E-state index in [-0.39, 0.29) is 0 Å². The average Bonchev–Trinajstić information content (AvgIpc) is 2.38. The Morgan fingerprint density at radius 3 is 2.27 bits per heavy atom. The van der Waals surface area contributed by atoms with E-state index >= 15 is 0 Å². The summed E-state index contributed by atoms with van der Waals surface area (Å²) in [6, 6.07) is 0.768. The minimum Gasteiger partial charge on any atom is -0.300 e. The zero-order valence-corrected chi connectivity index (χ0v) is 11.8. The summed E-state index contributed by atoms with van der Waals surface area (Å²) < 4.78 is 0. The quantitative estimate of drug-likeness (QED) is 0.727. The SMILES string of the molecule is CC1CC(C)N(CC(CS)C(C)(C)C)C1. The van der Waals surface area contributed by atoms with E-state index in [0.717, 1.165) is 17.7 Å². The Morgan fingerprint density at radius 2 is 1.93 bits per heavy atom. The van der Waals surface area contributed by atoms with E-state index in [1.165, 1.54) is 19.5 Å². The second-order valence-corrected chi connectivity index (χ2v) is 6.75. The van der Waals surface area contributed by atoms with Crippen LogP contribution in [0.3, 0.4) is 0 Å². The second kappa shape index (κ2) is 5.09. The van der Waals surface area contributed by atoms with Gasteiger partial charge in [-0.1, -0.05) is 27.7 Å². The van der Waals surface area contributed by atoms with Gasteiger partial charge in [-0.3, -0.25) is 0 Å². The molecule has 2 heteroatoms. The van der Waals surface area contributed by atoms with Gasteiger partial charge >= 0.3 is 0 Å². The van der Waals surface area contributed by atoms with Crippen LogP contribution < -0.4 is 0 Å². The molecule has 1 fully saturated rings.